The van der Waals surface area contributed by atoms with Gasteiger partial charge in [0.25, 0.3) is 0 Å². The van der Waals surface area contributed by atoms with Gasteiger partial charge in [0.1, 0.15) is 5.75 Å². The summed E-state index contributed by atoms with van der Waals surface area (Å²) >= 11 is 0. The number of β-amino-alcohol motifs (C(OH)–C–C–N with tert-alkyl or cyclic N) is 1. The van der Waals surface area contributed by atoms with Crippen molar-refractivity contribution in [1.82, 2.24) is 4.90 Å². The molecule has 22 heavy (non-hydrogen) atoms. The number of aliphatic hydroxyl groups is 1. The molecule has 0 bridgehead atoms. The molecule has 1 aliphatic heterocycles. The summed E-state index contributed by atoms with van der Waals surface area (Å²) in [5.74, 6) is 0.861. The Kier molecular flexibility index (Phi) is 4.67. The van der Waals surface area contributed by atoms with Gasteiger partial charge in [0.05, 0.1) is 12.5 Å². The van der Waals surface area contributed by atoms with E-state index in [-0.39, 0.29) is 23.8 Å². The molecule has 1 aromatic carbocycles. The van der Waals surface area contributed by atoms with E-state index in [1.807, 2.05) is 4.90 Å². The summed E-state index contributed by atoms with van der Waals surface area (Å²) < 4.78 is 0. The van der Waals surface area contributed by atoms with Crippen LogP contribution < -0.4 is 0 Å². The number of carbonyl (C=O) groups is 1. The Morgan fingerprint density at radius 3 is 2.50 bits per heavy atom. The van der Waals surface area contributed by atoms with Gasteiger partial charge in [-0.05, 0) is 42.9 Å². The summed E-state index contributed by atoms with van der Waals surface area (Å²) in [4.78, 5) is 14.6. The topological polar surface area (TPSA) is 60.8 Å². The van der Waals surface area contributed by atoms with Crippen LogP contribution in [0.15, 0.2) is 24.3 Å². The van der Waals surface area contributed by atoms with Crippen molar-refractivity contribution in [3.8, 4) is 5.75 Å². The number of phenolic OH excluding ortho intramolecular Hbond substituents is 1. The van der Waals surface area contributed by atoms with Crippen molar-refractivity contribution in [2.45, 2.75) is 57.1 Å². The van der Waals surface area contributed by atoms with Gasteiger partial charge in [-0.25, -0.2) is 0 Å². The SMILES string of the molecule is O=C(Cc1ccc(O)cc1)N1C[C@@H](O)C[C@@H]1C1CCCCC1. The van der Waals surface area contributed by atoms with Gasteiger partial charge in [-0.3, -0.25) is 4.79 Å². The lowest BCUT2D eigenvalue weighted by Gasteiger charge is -2.34. The molecule has 4 nitrogen and oxygen atoms in total. The molecular weight excluding hydrogens is 278 g/mol. The molecule has 1 saturated heterocycles. The number of aromatic hydroxyl groups is 1. The number of amides is 1. The zero-order valence-corrected chi connectivity index (χ0v) is 12.9. The minimum Gasteiger partial charge on any atom is -0.508 e. The molecule has 2 N–H and O–H groups in total. The van der Waals surface area contributed by atoms with Crippen LogP contribution in [-0.2, 0) is 11.2 Å². The minimum absolute atomic E-state index is 0.0952. The zero-order valence-electron chi connectivity index (χ0n) is 12.9. The van der Waals surface area contributed by atoms with Crippen molar-refractivity contribution >= 4 is 5.91 Å². The van der Waals surface area contributed by atoms with E-state index in [1.54, 1.807) is 24.3 Å². The minimum atomic E-state index is -0.379. The molecule has 0 unspecified atom stereocenters. The summed E-state index contributed by atoms with van der Waals surface area (Å²) in [5.41, 5.74) is 0.909. The van der Waals surface area contributed by atoms with Crippen LogP contribution in [0.3, 0.4) is 0 Å². The highest BCUT2D eigenvalue weighted by Gasteiger charge is 2.38. The Balaban J connectivity index is 1.67. The lowest BCUT2D eigenvalue weighted by atomic mass is 9.82. The van der Waals surface area contributed by atoms with Crippen molar-refractivity contribution in [1.29, 1.82) is 0 Å². The Hall–Kier alpha value is -1.55. The summed E-state index contributed by atoms with van der Waals surface area (Å²) in [6, 6.07) is 7.00. The zero-order chi connectivity index (χ0) is 15.5. The standard InChI is InChI=1S/C18H25NO3/c20-15-8-6-13(7-9-15)10-18(22)19-12-16(21)11-17(19)14-4-2-1-3-5-14/h6-9,14,16-17,20-21H,1-5,10-12H2/t16-,17+/m0/s1. The highest BCUT2D eigenvalue weighted by atomic mass is 16.3. The Labute approximate surface area is 131 Å². The van der Waals surface area contributed by atoms with Crippen molar-refractivity contribution in [2.24, 2.45) is 5.92 Å². The fraction of sp³-hybridized carbons (Fsp3) is 0.611. The molecule has 0 aromatic heterocycles. The first kappa shape index (κ1) is 15.3. The number of aliphatic hydroxyl groups excluding tert-OH is 1. The van der Waals surface area contributed by atoms with Gasteiger partial charge in [-0.1, -0.05) is 31.4 Å². The lowest BCUT2D eigenvalue weighted by molar-refractivity contribution is -0.132. The van der Waals surface area contributed by atoms with Crippen molar-refractivity contribution in [3.63, 3.8) is 0 Å². The second-order valence-electron chi connectivity index (χ2n) is 6.74. The molecule has 0 radical (unpaired) electrons. The van der Waals surface area contributed by atoms with Crippen LogP contribution in [0, 0.1) is 5.92 Å². The number of phenols is 1. The first-order valence-corrected chi connectivity index (χ1v) is 8.39. The van der Waals surface area contributed by atoms with E-state index in [2.05, 4.69) is 0 Å². The van der Waals surface area contributed by atoms with Crippen LogP contribution in [0.4, 0.5) is 0 Å². The Morgan fingerprint density at radius 2 is 1.82 bits per heavy atom. The summed E-state index contributed by atoms with van der Waals surface area (Å²) in [6.45, 7) is 0.470. The number of hydrogen-bond acceptors (Lipinski definition) is 3. The third-order valence-corrected chi connectivity index (χ3v) is 5.13. The van der Waals surface area contributed by atoms with Gasteiger partial charge in [-0.15, -0.1) is 0 Å². The molecule has 1 amide bonds. The maximum atomic E-state index is 12.7. The molecule has 2 fully saturated rings. The van der Waals surface area contributed by atoms with E-state index in [0.29, 0.717) is 18.9 Å². The highest BCUT2D eigenvalue weighted by Crippen LogP contribution is 2.34. The Morgan fingerprint density at radius 1 is 1.14 bits per heavy atom. The van der Waals surface area contributed by atoms with E-state index >= 15 is 0 Å². The van der Waals surface area contributed by atoms with Crippen molar-refractivity contribution in [2.75, 3.05) is 6.54 Å². The molecule has 1 saturated carbocycles. The Bertz CT molecular complexity index is 508. The van der Waals surface area contributed by atoms with Gasteiger partial charge in [0.15, 0.2) is 0 Å². The quantitative estimate of drug-likeness (QED) is 0.902. The highest BCUT2D eigenvalue weighted by molar-refractivity contribution is 5.79. The van der Waals surface area contributed by atoms with Crippen LogP contribution >= 0.6 is 0 Å². The average Bonchev–Trinajstić information content (AvgIpc) is 2.92. The molecule has 0 spiro atoms. The number of rotatable bonds is 3. The van der Waals surface area contributed by atoms with Crippen LogP contribution in [0.5, 0.6) is 5.75 Å². The molecular formula is C18H25NO3. The van der Waals surface area contributed by atoms with E-state index in [9.17, 15) is 15.0 Å². The monoisotopic (exact) mass is 303 g/mol. The summed E-state index contributed by atoms with van der Waals surface area (Å²) in [7, 11) is 0. The van der Waals surface area contributed by atoms with E-state index in [0.717, 1.165) is 12.0 Å². The number of likely N-dealkylation sites (tertiary alicyclic amines) is 1. The number of carbonyl (C=O) groups excluding carboxylic acids is 1. The van der Waals surface area contributed by atoms with E-state index in [1.165, 1.54) is 32.1 Å². The molecule has 2 atom stereocenters. The molecule has 2 aliphatic rings. The van der Waals surface area contributed by atoms with Crippen LogP contribution in [0.2, 0.25) is 0 Å². The first-order valence-electron chi connectivity index (χ1n) is 8.39. The maximum Gasteiger partial charge on any atom is 0.227 e. The van der Waals surface area contributed by atoms with Gasteiger partial charge in [0.2, 0.25) is 5.91 Å². The fourth-order valence-corrected chi connectivity index (χ4v) is 3.99. The predicted molar refractivity (Wildman–Crippen MR) is 84.5 cm³/mol. The first-order chi connectivity index (χ1) is 10.6. The lowest BCUT2D eigenvalue weighted by Crippen LogP contribution is -2.41. The van der Waals surface area contributed by atoms with E-state index < -0.39 is 0 Å². The predicted octanol–water partition coefficient (Wildman–Crippen LogP) is 2.48. The second kappa shape index (κ2) is 6.69. The summed E-state index contributed by atoms with van der Waals surface area (Å²) in [5, 5.41) is 19.3. The molecule has 4 heteroatoms. The molecule has 120 valence electrons. The van der Waals surface area contributed by atoms with Gasteiger partial charge in [0, 0.05) is 12.6 Å². The molecule has 1 heterocycles. The number of hydrogen-bond donors (Lipinski definition) is 2. The smallest absolute Gasteiger partial charge is 0.227 e. The van der Waals surface area contributed by atoms with E-state index in [4.69, 9.17) is 0 Å². The van der Waals surface area contributed by atoms with Gasteiger partial charge in [-0.2, -0.15) is 0 Å². The fourth-order valence-electron chi connectivity index (χ4n) is 3.99. The van der Waals surface area contributed by atoms with Gasteiger partial charge >= 0.3 is 0 Å². The number of benzene rings is 1. The van der Waals surface area contributed by atoms with Crippen molar-refractivity contribution in [3.05, 3.63) is 29.8 Å². The normalized spacial score (nSPS) is 26.3. The van der Waals surface area contributed by atoms with Crippen molar-refractivity contribution < 1.29 is 15.0 Å². The second-order valence-corrected chi connectivity index (χ2v) is 6.74. The summed E-state index contributed by atoms with van der Waals surface area (Å²) in [6.07, 6.45) is 6.85. The third kappa shape index (κ3) is 3.43. The van der Waals surface area contributed by atoms with Crippen LogP contribution in [0.25, 0.3) is 0 Å². The largest absolute Gasteiger partial charge is 0.508 e. The third-order valence-electron chi connectivity index (χ3n) is 5.13. The average molecular weight is 303 g/mol. The molecule has 1 aliphatic carbocycles. The van der Waals surface area contributed by atoms with Crippen LogP contribution in [-0.4, -0.2) is 39.7 Å². The number of nitrogens with zero attached hydrogens (tertiary/aromatic N) is 1. The van der Waals surface area contributed by atoms with Gasteiger partial charge < -0.3 is 15.1 Å². The maximum absolute atomic E-state index is 12.7. The molecule has 3 rings (SSSR count). The van der Waals surface area contributed by atoms with Crippen LogP contribution in [0.1, 0.15) is 44.1 Å². The molecule has 1 aromatic rings.